The third kappa shape index (κ3) is 1.48. The van der Waals surface area contributed by atoms with Crippen LogP contribution in [0.3, 0.4) is 0 Å². The number of halogens is 6. The van der Waals surface area contributed by atoms with E-state index in [0.29, 0.717) is 0 Å². The fraction of sp³-hybridized carbons (Fsp3) is 1.00. The van der Waals surface area contributed by atoms with E-state index in [1.165, 1.54) is 0 Å². The van der Waals surface area contributed by atoms with Crippen molar-refractivity contribution in [1.82, 2.24) is 0 Å². The normalized spacial score (nSPS) is 39.5. The van der Waals surface area contributed by atoms with E-state index >= 15 is 0 Å². The van der Waals surface area contributed by atoms with Gasteiger partial charge in [-0.05, 0) is 0 Å². The molecule has 0 amide bonds. The van der Waals surface area contributed by atoms with Gasteiger partial charge in [0.1, 0.15) is 0 Å². The average molecular weight is 196 g/mol. The fourth-order valence-electron chi connectivity index (χ4n) is 0.520. The van der Waals surface area contributed by atoms with Crippen LogP contribution in [-0.2, 0) is 9.47 Å². The molecule has 1 fully saturated rings. The van der Waals surface area contributed by atoms with Crippen molar-refractivity contribution in [3.63, 3.8) is 0 Å². The summed E-state index contributed by atoms with van der Waals surface area (Å²) in [6.07, 6.45) is -16.7. The summed E-state index contributed by atoms with van der Waals surface area (Å²) < 4.78 is 76.9. The van der Waals surface area contributed by atoms with Crippen molar-refractivity contribution in [2.45, 2.75) is 24.9 Å². The molecule has 1 rings (SSSR count). The number of ether oxygens (including phenoxy) is 2. The molecule has 2 nitrogen and oxygen atoms in total. The molecule has 1 aliphatic rings. The monoisotopic (exact) mass is 196 g/mol. The summed E-state index contributed by atoms with van der Waals surface area (Å²) in [6.45, 7) is 0. The molecule has 1 saturated heterocycles. The van der Waals surface area contributed by atoms with Crippen LogP contribution in [-0.4, -0.2) is 24.9 Å². The first kappa shape index (κ1) is 9.59. The Morgan fingerprint density at radius 1 is 0.750 bits per heavy atom. The van der Waals surface area contributed by atoms with Crippen LogP contribution in [0.1, 0.15) is 0 Å². The first-order chi connectivity index (χ1) is 5.26. The molecule has 1 aliphatic heterocycles. The molecule has 0 unspecified atom stereocenters. The Balaban J connectivity index is 2.76. The Hall–Kier alpha value is -0.500. The lowest BCUT2D eigenvalue weighted by molar-refractivity contribution is -0.496. The first-order valence-electron chi connectivity index (χ1n) is 2.65. The third-order valence-corrected chi connectivity index (χ3v) is 1.05. The number of rotatable bonds is 0. The topological polar surface area (TPSA) is 18.5 Å². The molecule has 8 heteroatoms. The summed E-state index contributed by atoms with van der Waals surface area (Å²) in [4.78, 5) is 0. The zero-order valence-electron chi connectivity index (χ0n) is 5.24. The van der Waals surface area contributed by atoms with Crippen LogP contribution >= 0.6 is 0 Å². The van der Waals surface area contributed by atoms with Crippen molar-refractivity contribution < 1.29 is 35.8 Å². The molecule has 0 saturated carbocycles. The van der Waals surface area contributed by atoms with Crippen LogP contribution in [0.4, 0.5) is 26.3 Å². The van der Waals surface area contributed by atoms with Gasteiger partial charge in [-0.1, -0.05) is 0 Å². The van der Waals surface area contributed by atoms with Gasteiger partial charge in [0.05, 0.1) is 0 Å². The molecular formula is C4H2F6O2. The van der Waals surface area contributed by atoms with Gasteiger partial charge in [0, 0.05) is 0 Å². The largest absolute Gasteiger partial charge is 0.414 e. The van der Waals surface area contributed by atoms with Gasteiger partial charge in [-0.3, -0.25) is 9.47 Å². The standard InChI is InChI=1S/C4H2F6O2/c5-1-3(7,8)12-2(6)4(9,10)11-1/h1-2H/t1-,2-/m0/s1. The van der Waals surface area contributed by atoms with Crippen LogP contribution in [0.5, 0.6) is 0 Å². The number of hydrogen-bond donors (Lipinski definition) is 0. The summed E-state index contributed by atoms with van der Waals surface area (Å²) in [5.41, 5.74) is 0. The van der Waals surface area contributed by atoms with Crippen LogP contribution in [0.25, 0.3) is 0 Å². The molecular weight excluding hydrogens is 194 g/mol. The summed E-state index contributed by atoms with van der Waals surface area (Å²) in [6, 6.07) is 0. The lowest BCUT2D eigenvalue weighted by Crippen LogP contribution is -2.53. The van der Waals surface area contributed by atoms with Crippen molar-refractivity contribution in [2.24, 2.45) is 0 Å². The van der Waals surface area contributed by atoms with Gasteiger partial charge < -0.3 is 0 Å². The maximum absolute atomic E-state index is 11.9. The Labute approximate surface area is 62.0 Å². The van der Waals surface area contributed by atoms with Gasteiger partial charge in [0.15, 0.2) is 0 Å². The Morgan fingerprint density at radius 3 is 1.25 bits per heavy atom. The molecule has 0 N–H and O–H groups in total. The lowest BCUT2D eigenvalue weighted by atomic mass is 10.5. The molecule has 0 aliphatic carbocycles. The lowest BCUT2D eigenvalue weighted by Gasteiger charge is -2.33. The van der Waals surface area contributed by atoms with Gasteiger partial charge in [0.25, 0.3) is 12.7 Å². The van der Waals surface area contributed by atoms with Gasteiger partial charge in [0.2, 0.25) is 0 Å². The molecule has 0 radical (unpaired) electrons. The molecule has 72 valence electrons. The van der Waals surface area contributed by atoms with Crippen LogP contribution in [0.2, 0.25) is 0 Å². The van der Waals surface area contributed by atoms with E-state index in [4.69, 9.17) is 0 Å². The van der Waals surface area contributed by atoms with E-state index < -0.39 is 24.9 Å². The predicted octanol–water partition coefficient (Wildman–Crippen LogP) is 1.81. The molecule has 0 aromatic rings. The van der Waals surface area contributed by atoms with Crippen molar-refractivity contribution >= 4 is 0 Å². The Morgan fingerprint density at radius 2 is 1.00 bits per heavy atom. The van der Waals surface area contributed by atoms with Crippen LogP contribution in [0.15, 0.2) is 0 Å². The average Bonchev–Trinajstić information content (AvgIpc) is 1.82. The Bertz CT molecular complexity index is 162. The second kappa shape index (κ2) is 2.49. The molecule has 2 atom stereocenters. The summed E-state index contributed by atoms with van der Waals surface area (Å²) in [5, 5.41) is 0. The summed E-state index contributed by atoms with van der Waals surface area (Å²) >= 11 is 0. The molecule has 0 bridgehead atoms. The zero-order chi connectivity index (χ0) is 9.57. The van der Waals surface area contributed by atoms with Crippen LogP contribution < -0.4 is 0 Å². The molecule has 12 heavy (non-hydrogen) atoms. The van der Waals surface area contributed by atoms with Crippen molar-refractivity contribution in [3.05, 3.63) is 0 Å². The van der Waals surface area contributed by atoms with Crippen molar-refractivity contribution in [2.75, 3.05) is 0 Å². The Kier molecular flexibility index (Phi) is 1.99. The van der Waals surface area contributed by atoms with Crippen molar-refractivity contribution in [1.29, 1.82) is 0 Å². The second-order valence-electron chi connectivity index (χ2n) is 1.99. The second-order valence-corrected chi connectivity index (χ2v) is 1.99. The first-order valence-corrected chi connectivity index (χ1v) is 2.65. The highest BCUT2D eigenvalue weighted by atomic mass is 19.3. The van der Waals surface area contributed by atoms with E-state index in [9.17, 15) is 26.3 Å². The highest BCUT2D eigenvalue weighted by molar-refractivity contribution is 4.71. The molecule has 0 spiro atoms. The minimum absolute atomic E-state index is 2.75. The quantitative estimate of drug-likeness (QED) is 0.550. The molecule has 0 aromatic heterocycles. The SMILES string of the molecule is F[C@H]1OC(F)(F)[C@@H](F)OC1(F)F. The third-order valence-electron chi connectivity index (χ3n) is 1.05. The highest BCUT2D eigenvalue weighted by Crippen LogP contribution is 2.40. The molecule has 0 aromatic carbocycles. The van der Waals surface area contributed by atoms with E-state index in [1.807, 2.05) is 0 Å². The van der Waals surface area contributed by atoms with Crippen molar-refractivity contribution in [3.8, 4) is 0 Å². The number of alkyl halides is 6. The van der Waals surface area contributed by atoms with E-state index in [-0.39, 0.29) is 0 Å². The van der Waals surface area contributed by atoms with Gasteiger partial charge in [-0.2, -0.15) is 17.6 Å². The van der Waals surface area contributed by atoms with E-state index in [2.05, 4.69) is 9.47 Å². The summed E-state index contributed by atoms with van der Waals surface area (Å²) in [7, 11) is 0. The minimum atomic E-state index is -4.68. The summed E-state index contributed by atoms with van der Waals surface area (Å²) in [5.74, 6) is 0. The zero-order valence-corrected chi connectivity index (χ0v) is 5.24. The maximum atomic E-state index is 11.9. The van der Waals surface area contributed by atoms with Gasteiger partial charge >= 0.3 is 12.2 Å². The smallest absolute Gasteiger partial charge is 0.273 e. The van der Waals surface area contributed by atoms with E-state index in [1.54, 1.807) is 0 Å². The minimum Gasteiger partial charge on any atom is -0.273 e. The number of hydrogen-bond acceptors (Lipinski definition) is 2. The molecule has 1 heterocycles. The van der Waals surface area contributed by atoms with Gasteiger partial charge in [-0.25, -0.2) is 8.78 Å². The fourth-order valence-corrected chi connectivity index (χ4v) is 0.520. The predicted molar refractivity (Wildman–Crippen MR) is 21.9 cm³/mol. The maximum Gasteiger partial charge on any atom is 0.414 e. The highest BCUT2D eigenvalue weighted by Gasteiger charge is 2.61. The van der Waals surface area contributed by atoms with E-state index in [0.717, 1.165) is 0 Å². The van der Waals surface area contributed by atoms with Gasteiger partial charge in [-0.15, -0.1) is 0 Å². The van der Waals surface area contributed by atoms with Crippen LogP contribution in [0, 0.1) is 0 Å².